The van der Waals surface area contributed by atoms with E-state index in [1.54, 1.807) is 11.3 Å². The molecule has 0 radical (unpaired) electrons. The first-order valence-corrected chi connectivity index (χ1v) is 9.17. The first-order valence-electron chi connectivity index (χ1n) is 6.75. The molecule has 1 aliphatic carbocycles. The molecule has 1 N–H and O–H groups in total. The van der Waals surface area contributed by atoms with Crippen LogP contribution in [-0.4, -0.2) is 17.1 Å². The summed E-state index contributed by atoms with van der Waals surface area (Å²) in [5, 5.41) is 3.64. The molecule has 2 fully saturated rings. The minimum atomic E-state index is -0.0333. The molecule has 1 saturated carbocycles. The molecule has 1 amide bonds. The molecule has 2 aliphatic rings. The lowest BCUT2D eigenvalue weighted by Crippen LogP contribution is -2.22. The largest absolute Gasteiger partial charge is 0.301 e. The van der Waals surface area contributed by atoms with Gasteiger partial charge in [0.2, 0.25) is 0 Å². The molecule has 3 nitrogen and oxygen atoms in total. The fourth-order valence-electron chi connectivity index (χ4n) is 2.40. The van der Waals surface area contributed by atoms with Gasteiger partial charge in [-0.25, -0.2) is 0 Å². The molecule has 0 atom stereocenters. The summed E-state index contributed by atoms with van der Waals surface area (Å²) >= 11 is 6.51. The summed E-state index contributed by atoms with van der Waals surface area (Å²) in [7, 11) is 0. The highest BCUT2D eigenvalue weighted by Gasteiger charge is 2.25. The molecule has 0 spiro atoms. The summed E-state index contributed by atoms with van der Waals surface area (Å²) in [6.45, 7) is 0. The second-order valence-electron chi connectivity index (χ2n) is 4.93. The predicted molar refractivity (Wildman–Crippen MR) is 90.0 cm³/mol. The van der Waals surface area contributed by atoms with Crippen LogP contribution in [0.15, 0.2) is 25.8 Å². The Morgan fingerprint density at radius 2 is 2.10 bits per heavy atom. The van der Waals surface area contributed by atoms with Gasteiger partial charge in [-0.05, 0) is 58.7 Å². The molecule has 6 heteroatoms. The topological polar surface area (TPSA) is 41.5 Å². The van der Waals surface area contributed by atoms with E-state index in [9.17, 15) is 4.79 Å². The molecular formula is C14H15BrN2OS2. The molecule has 1 aromatic heterocycles. The number of carbonyl (C=O) groups is 1. The summed E-state index contributed by atoms with van der Waals surface area (Å²) in [6, 6.07) is 4.39. The van der Waals surface area contributed by atoms with Crippen LogP contribution in [0.5, 0.6) is 0 Å². The highest BCUT2D eigenvalue weighted by Crippen LogP contribution is 2.31. The van der Waals surface area contributed by atoms with Crippen molar-refractivity contribution in [3.63, 3.8) is 0 Å². The molecule has 0 bridgehead atoms. The van der Waals surface area contributed by atoms with Crippen LogP contribution in [0.25, 0.3) is 6.08 Å². The van der Waals surface area contributed by atoms with Crippen molar-refractivity contribution in [2.75, 3.05) is 0 Å². The Morgan fingerprint density at radius 3 is 2.80 bits per heavy atom. The van der Waals surface area contributed by atoms with Gasteiger partial charge in [0.15, 0.2) is 5.17 Å². The van der Waals surface area contributed by atoms with Gasteiger partial charge in [0.25, 0.3) is 5.91 Å². The molecule has 3 rings (SSSR count). The lowest BCUT2D eigenvalue weighted by Gasteiger charge is -2.17. The maximum Gasteiger partial charge on any atom is 0.264 e. The zero-order valence-corrected chi connectivity index (χ0v) is 14.1. The Kier molecular flexibility index (Phi) is 4.63. The van der Waals surface area contributed by atoms with E-state index in [2.05, 4.69) is 26.2 Å². The number of halogens is 1. The number of thiophene rings is 1. The maximum atomic E-state index is 11.9. The van der Waals surface area contributed by atoms with E-state index in [-0.39, 0.29) is 5.91 Å². The van der Waals surface area contributed by atoms with E-state index in [4.69, 9.17) is 0 Å². The Morgan fingerprint density at radius 1 is 1.30 bits per heavy atom. The van der Waals surface area contributed by atoms with E-state index in [0.29, 0.717) is 6.04 Å². The first-order chi connectivity index (χ1) is 9.70. The molecule has 20 heavy (non-hydrogen) atoms. The minimum absolute atomic E-state index is 0.0333. The zero-order chi connectivity index (χ0) is 13.9. The standard InChI is InChI=1S/C14H15BrN2OS2/c15-12-7-6-10(19-12)8-11-13(18)17-14(20-11)16-9-4-2-1-3-5-9/h6-9H,1-5H2,(H,16,17,18)/b11-8+. The monoisotopic (exact) mass is 370 g/mol. The van der Waals surface area contributed by atoms with Crippen molar-refractivity contribution in [1.82, 2.24) is 5.32 Å². The summed E-state index contributed by atoms with van der Waals surface area (Å²) in [6.07, 6.45) is 8.06. The number of nitrogens with one attached hydrogen (secondary N) is 1. The number of amidine groups is 1. The van der Waals surface area contributed by atoms with Crippen molar-refractivity contribution in [2.45, 2.75) is 38.1 Å². The fourth-order valence-corrected chi connectivity index (χ4v) is 4.72. The van der Waals surface area contributed by atoms with Gasteiger partial charge in [-0.1, -0.05) is 19.3 Å². The Hall–Kier alpha value is -0.590. The van der Waals surface area contributed by atoms with Gasteiger partial charge < -0.3 is 5.32 Å². The number of carbonyl (C=O) groups excluding carboxylic acids is 1. The van der Waals surface area contributed by atoms with Crippen LogP contribution in [0, 0.1) is 0 Å². The highest BCUT2D eigenvalue weighted by molar-refractivity contribution is 9.11. The number of thioether (sulfide) groups is 1. The van der Waals surface area contributed by atoms with Crippen LogP contribution in [0.1, 0.15) is 37.0 Å². The lowest BCUT2D eigenvalue weighted by molar-refractivity contribution is -0.115. The third kappa shape index (κ3) is 3.54. The third-order valence-electron chi connectivity index (χ3n) is 3.39. The number of amides is 1. The summed E-state index contributed by atoms with van der Waals surface area (Å²) in [5.41, 5.74) is 0. The van der Waals surface area contributed by atoms with Crippen LogP contribution in [0.4, 0.5) is 0 Å². The third-order valence-corrected chi connectivity index (χ3v) is 5.89. The Bertz CT molecular complexity index is 573. The normalized spacial score (nSPS) is 24.6. The average molecular weight is 371 g/mol. The van der Waals surface area contributed by atoms with Crippen molar-refractivity contribution in [1.29, 1.82) is 0 Å². The number of nitrogens with zero attached hydrogens (tertiary/aromatic N) is 1. The van der Waals surface area contributed by atoms with E-state index in [1.165, 1.54) is 31.0 Å². The maximum absolute atomic E-state index is 11.9. The smallest absolute Gasteiger partial charge is 0.264 e. The molecule has 1 saturated heterocycles. The number of aliphatic imine (C=N–C) groups is 1. The second-order valence-corrected chi connectivity index (χ2v) is 8.46. The highest BCUT2D eigenvalue weighted by atomic mass is 79.9. The van der Waals surface area contributed by atoms with Crippen molar-refractivity contribution >= 4 is 56.2 Å². The minimum Gasteiger partial charge on any atom is -0.301 e. The van der Waals surface area contributed by atoms with Crippen molar-refractivity contribution in [3.8, 4) is 0 Å². The SMILES string of the molecule is O=C1NC(=NC2CCCCC2)S/C1=C/c1ccc(Br)s1. The Labute approximate surface area is 135 Å². The van der Waals surface area contributed by atoms with Crippen molar-refractivity contribution in [2.24, 2.45) is 4.99 Å². The van der Waals surface area contributed by atoms with Gasteiger partial charge >= 0.3 is 0 Å². The number of hydrogen-bond donors (Lipinski definition) is 1. The summed E-state index contributed by atoms with van der Waals surface area (Å²) < 4.78 is 1.07. The average Bonchev–Trinajstić information content (AvgIpc) is 2.98. The fraction of sp³-hybridized carbons (Fsp3) is 0.429. The second kappa shape index (κ2) is 6.45. The lowest BCUT2D eigenvalue weighted by atomic mass is 9.96. The molecular weight excluding hydrogens is 356 g/mol. The number of hydrogen-bond acceptors (Lipinski definition) is 4. The molecule has 106 valence electrons. The molecule has 2 heterocycles. The quantitative estimate of drug-likeness (QED) is 0.783. The van der Waals surface area contributed by atoms with Gasteiger partial charge in [0.1, 0.15) is 0 Å². The van der Waals surface area contributed by atoms with Crippen LogP contribution in [-0.2, 0) is 4.79 Å². The zero-order valence-electron chi connectivity index (χ0n) is 10.9. The van der Waals surface area contributed by atoms with Gasteiger partial charge in [-0.15, -0.1) is 11.3 Å². The van der Waals surface area contributed by atoms with E-state index >= 15 is 0 Å². The Balaban J connectivity index is 1.71. The number of rotatable bonds is 2. The van der Waals surface area contributed by atoms with Gasteiger partial charge in [0, 0.05) is 4.88 Å². The van der Waals surface area contributed by atoms with Crippen LogP contribution >= 0.6 is 39.0 Å². The van der Waals surface area contributed by atoms with Crippen LogP contribution in [0.3, 0.4) is 0 Å². The van der Waals surface area contributed by atoms with Gasteiger partial charge in [0.05, 0.1) is 14.7 Å². The van der Waals surface area contributed by atoms with Gasteiger partial charge in [-0.3, -0.25) is 9.79 Å². The molecule has 0 aromatic carbocycles. The summed E-state index contributed by atoms with van der Waals surface area (Å²) in [4.78, 5) is 18.4. The molecule has 1 aromatic rings. The molecule has 1 aliphatic heterocycles. The van der Waals surface area contributed by atoms with Crippen LogP contribution < -0.4 is 5.32 Å². The van der Waals surface area contributed by atoms with E-state index < -0.39 is 0 Å². The van der Waals surface area contributed by atoms with E-state index in [1.807, 2.05) is 18.2 Å². The molecule has 0 unspecified atom stereocenters. The van der Waals surface area contributed by atoms with Crippen molar-refractivity contribution in [3.05, 3.63) is 25.7 Å². The predicted octanol–water partition coefficient (Wildman–Crippen LogP) is 4.40. The summed E-state index contributed by atoms with van der Waals surface area (Å²) in [5.74, 6) is -0.0333. The van der Waals surface area contributed by atoms with E-state index in [0.717, 1.165) is 31.6 Å². The van der Waals surface area contributed by atoms with Gasteiger partial charge in [-0.2, -0.15) is 0 Å². The van der Waals surface area contributed by atoms with Crippen LogP contribution in [0.2, 0.25) is 0 Å². The first kappa shape index (κ1) is 14.4. The van der Waals surface area contributed by atoms with Crippen molar-refractivity contribution < 1.29 is 4.79 Å².